The van der Waals surface area contributed by atoms with E-state index in [9.17, 15) is 4.79 Å². The van der Waals surface area contributed by atoms with Crippen LogP contribution in [-0.4, -0.2) is 29.9 Å². The maximum Gasteiger partial charge on any atom is 0.233 e. The highest BCUT2D eigenvalue weighted by atomic mass is 79.9. The number of nitrogens with zero attached hydrogens (tertiary/aromatic N) is 1. The zero-order chi connectivity index (χ0) is 16.0. The van der Waals surface area contributed by atoms with Gasteiger partial charge in [0.2, 0.25) is 5.91 Å². The van der Waals surface area contributed by atoms with Crippen LogP contribution < -0.4 is 5.73 Å². The van der Waals surface area contributed by atoms with Crippen LogP contribution in [0, 0.1) is 11.8 Å². The number of halogens is 1. The number of hydrogen-bond acceptors (Lipinski definition) is 2. The Morgan fingerprint density at radius 2 is 2.00 bits per heavy atom. The maximum absolute atomic E-state index is 13.5. The van der Waals surface area contributed by atoms with Gasteiger partial charge in [0, 0.05) is 23.6 Å². The van der Waals surface area contributed by atoms with Crippen molar-refractivity contribution in [3.63, 3.8) is 0 Å². The predicted octanol–water partition coefficient (Wildman–Crippen LogP) is 3.46. The smallest absolute Gasteiger partial charge is 0.233 e. The normalized spacial score (nSPS) is 32.3. The van der Waals surface area contributed by atoms with Crippen LogP contribution in [0.5, 0.6) is 0 Å². The van der Waals surface area contributed by atoms with Crippen LogP contribution in [0.4, 0.5) is 0 Å². The summed E-state index contributed by atoms with van der Waals surface area (Å²) in [4.78, 5) is 15.6. The van der Waals surface area contributed by atoms with Crippen molar-refractivity contribution in [2.45, 2.75) is 50.0 Å². The highest BCUT2D eigenvalue weighted by Crippen LogP contribution is 2.46. The predicted molar refractivity (Wildman–Crippen MR) is 95.1 cm³/mol. The maximum atomic E-state index is 13.5. The summed E-state index contributed by atoms with van der Waals surface area (Å²) in [6, 6.07) is 8.67. The van der Waals surface area contributed by atoms with E-state index in [-0.39, 0.29) is 5.41 Å². The minimum atomic E-state index is -0.299. The van der Waals surface area contributed by atoms with Gasteiger partial charge < -0.3 is 10.6 Å². The van der Waals surface area contributed by atoms with E-state index in [1.54, 1.807) is 0 Å². The summed E-state index contributed by atoms with van der Waals surface area (Å²) in [5.41, 5.74) is 7.15. The van der Waals surface area contributed by atoms with E-state index < -0.39 is 0 Å². The molecule has 1 aromatic rings. The van der Waals surface area contributed by atoms with Gasteiger partial charge in [-0.3, -0.25) is 4.79 Å². The summed E-state index contributed by atoms with van der Waals surface area (Å²) in [6.07, 6.45) is 6.60. The lowest BCUT2D eigenvalue weighted by Gasteiger charge is -2.33. The van der Waals surface area contributed by atoms with Crippen molar-refractivity contribution >= 4 is 21.8 Å². The Bertz CT molecular complexity index is 611. The number of likely N-dealkylation sites (tertiary alicyclic amines) is 1. The molecule has 1 aromatic carbocycles. The molecule has 3 atom stereocenters. The van der Waals surface area contributed by atoms with E-state index in [2.05, 4.69) is 39.0 Å². The van der Waals surface area contributed by atoms with Crippen LogP contribution in [0.1, 0.15) is 44.1 Å². The monoisotopic (exact) mass is 376 g/mol. The zero-order valence-electron chi connectivity index (χ0n) is 13.5. The van der Waals surface area contributed by atoms with Crippen LogP contribution in [0.2, 0.25) is 0 Å². The Kier molecular flexibility index (Phi) is 4.01. The second kappa shape index (κ2) is 5.89. The van der Waals surface area contributed by atoms with Crippen LogP contribution in [0.25, 0.3) is 0 Å². The third-order valence-electron chi connectivity index (χ3n) is 6.44. The van der Waals surface area contributed by atoms with Gasteiger partial charge in [0.1, 0.15) is 0 Å². The molecule has 0 radical (unpaired) electrons. The molecule has 1 amide bonds. The van der Waals surface area contributed by atoms with Gasteiger partial charge in [0.05, 0.1) is 5.41 Å². The first kappa shape index (κ1) is 15.6. The lowest BCUT2D eigenvalue weighted by Crippen LogP contribution is -2.45. The Morgan fingerprint density at radius 3 is 2.70 bits per heavy atom. The van der Waals surface area contributed by atoms with Gasteiger partial charge >= 0.3 is 0 Å². The SMILES string of the molecule is NC1CCC2CN(C(=O)C3(c4cccc(Br)c4)CCCC3)CC12. The largest absolute Gasteiger partial charge is 0.341 e. The van der Waals surface area contributed by atoms with Gasteiger partial charge in [-0.15, -0.1) is 0 Å². The number of carbonyl (C=O) groups excluding carboxylic acids is 1. The van der Waals surface area contributed by atoms with Crippen molar-refractivity contribution in [2.75, 3.05) is 13.1 Å². The Balaban J connectivity index is 1.62. The van der Waals surface area contributed by atoms with Crippen molar-refractivity contribution in [1.82, 2.24) is 4.90 Å². The van der Waals surface area contributed by atoms with Crippen LogP contribution in [0.15, 0.2) is 28.7 Å². The molecule has 3 nitrogen and oxygen atoms in total. The number of carbonyl (C=O) groups is 1. The average Bonchev–Trinajstić information content (AvgIpc) is 3.25. The van der Waals surface area contributed by atoms with Crippen molar-refractivity contribution in [3.05, 3.63) is 34.3 Å². The summed E-state index contributed by atoms with van der Waals surface area (Å²) in [5, 5.41) is 0. The van der Waals surface area contributed by atoms with Crippen molar-refractivity contribution < 1.29 is 4.79 Å². The Hall–Kier alpha value is -0.870. The molecule has 0 spiro atoms. The van der Waals surface area contributed by atoms with Crippen LogP contribution in [0.3, 0.4) is 0 Å². The molecule has 0 bridgehead atoms. The summed E-state index contributed by atoms with van der Waals surface area (Å²) in [5.74, 6) is 1.52. The second-order valence-electron chi connectivity index (χ2n) is 7.67. The van der Waals surface area contributed by atoms with Crippen LogP contribution >= 0.6 is 15.9 Å². The first-order valence-electron chi connectivity index (χ1n) is 8.91. The molecular weight excluding hydrogens is 352 g/mol. The quantitative estimate of drug-likeness (QED) is 0.858. The molecule has 2 aliphatic carbocycles. The highest BCUT2D eigenvalue weighted by molar-refractivity contribution is 9.10. The molecular formula is C19H25BrN2O. The van der Waals surface area contributed by atoms with E-state index in [1.807, 2.05) is 6.07 Å². The van der Waals surface area contributed by atoms with Gasteiger partial charge in [-0.2, -0.15) is 0 Å². The zero-order valence-corrected chi connectivity index (χ0v) is 15.1. The number of rotatable bonds is 2. The first-order chi connectivity index (χ1) is 11.1. The minimum absolute atomic E-state index is 0.295. The molecule has 1 aliphatic heterocycles. The third-order valence-corrected chi connectivity index (χ3v) is 6.94. The summed E-state index contributed by atoms with van der Waals surface area (Å²) in [6.45, 7) is 1.80. The second-order valence-corrected chi connectivity index (χ2v) is 8.59. The summed E-state index contributed by atoms with van der Waals surface area (Å²) in [7, 11) is 0. The fourth-order valence-electron chi connectivity index (χ4n) is 5.17. The highest BCUT2D eigenvalue weighted by Gasteiger charge is 2.49. The van der Waals surface area contributed by atoms with Gasteiger partial charge in [0.25, 0.3) is 0 Å². The summed E-state index contributed by atoms with van der Waals surface area (Å²) >= 11 is 3.57. The van der Waals surface area contributed by atoms with Crippen molar-refractivity contribution in [2.24, 2.45) is 17.6 Å². The van der Waals surface area contributed by atoms with E-state index in [0.717, 1.165) is 49.7 Å². The molecule has 2 saturated carbocycles. The average molecular weight is 377 g/mol. The molecule has 124 valence electrons. The number of fused-ring (bicyclic) bond motifs is 1. The van der Waals surface area contributed by atoms with E-state index in [0.29, 0.717) is 23.8 Å². The topological polar surface area (TPSA) is 46.3 Å². The number of hydrogen-bond donors (Lipinski definition) is 1. The standard InChI is InChI=1S/C19H25BrN2O/c20-15-5-3-4-14(10-15)19(8-1-2-9-19)18(23)22-11-13-6-7-17(21)16(13)12-22/h3-5,10,13,16-17H,1-2,6-9,11-12,21H2. The Labute approximate surface area is 146 Å². The molecule has 3 unspecified atom stereocenters. The molecule has 23 heavy (non-hydrogen) atoms. The van der Waals surface area contributed by atoms with Crippen molar-refractivity contribution in [1.29, 1.82) is 0 Å². The fourth-order valence-corrected chi connectivity index (χ4v) is 5.57. The molecule has 2 N–H and O–H groups in total. The van der Waals surface area contributed by atoms with E-state index >= 15 is 0 Å². The number of benzene rings is 1. The Morgan fingerprint density at radius 1 is 1.22 bits per heavy atom. The third kappa shape index (κ3) is 2.54. The van der Waals surface area contributed by atoms with Crippen LogP contribution in [-0.2, 0) is 10.2 Å². The molecule has 1 saturated heterocycles. The number of amides is 1. The van der Waals surface area contributed by atoms with Crippen molar-refractivity contribution in [3.8, 4) is 0 Å². The minimum Gasteiger partial charge on any atom is -0.341 e. The molecule has 4 heteroatoms. The van der Waals surface area contributed by atoms with E-state index in [4.69, 9.17) is 5.73 Å². The lowest BCUT2D eigenvalue weighted by molar-refractivity contribution is -0.136. The van der Waals surface area contributed by atoms with Gasteiger partial charge in [0.15, 0.2) is 0 Å². The van der Waals surface area contributed by atoms with Gasteiger partial charge in [-0.25, -0.2) is 0 Å². The van der Waals surface area contributed by atoms with Gasteiger partial charge in [-0.05, 0) is 55.2 Å². The number of nitrogens with two attached hydrogens (primary N) is 1. The molecule has 1 heterocycles. The first-order valence-corrected chi connectivity index (χ1v) is 9.70. The summed E-state index contributed by atoms with van der Waals surface area (Å²) < 4.78 is 1.06. The van der Waals surface area contributed by atoms with E-state index in [1.165, 1.54) is 12.0 Å². The molecule has 0 aromatic heterocycles. The molecule has 3 aliphatic rings. The fraction of sp³-hybridized carbons (Fsp3) is 0.632. The molecule has 3 fully saturated rings. The lowest BCUT2D eigenvalue weighted by atomic mass is 9.77. The molecule has 4 rings (SSSR count). The van der Waals surface area contributed by atoms with Gasteiger partial charge in [-0.1, -0.05) is 40.9 Å².